The molecule has 1 aromatic rings. The van der Waals surface area contributed by atoms with Crippen LogP contribution >= 0.6 is 11.3 Å². The molecule has 0 saturated carbocycles. The van der Waals surface area contributed by atoms with E-state index >= 15 is 0 Å². The van der Waals surface area contributed by atoms with Crippen molar-refractivity contribution in [2.24, 2.45) is 0 Å². The molecule has 0 radical (unpaired) electrons. The monoisotopic (exact) mass is 213 g/mol. The number of likely N-dealkylation sites (N-methyl/N-ethyl adjacent to an activating group) is 1. The Morgan fingerprint density at radius 3 is 2.71 bits per heavy atom. The van der Waals surface area contributed by atoms with Gasteiger partial charge in [-0.25, -0.2) is 4.98 Å². The highest BCUT2D eigenvalue weighted by atomic mass is 32.1. The van der Waals surface area contributed by atoms with E-state index in [2.05, 4.69) is 43.1 Å². The van der Waals surface area contributed by atoms with Crippen molar-refractivity contribution in [3.05, 3.63) is 16.6 Å². The third-order valence-corrected chi connectivity index (χ3v) is 3.19. The van der Waals surface area contributed by atoms with Crippen molar-refractivity contribution in [1.29, 1.82) is 0 Å². The number of rotatable bonds is 5. The van der Waals surface area contributed by atoms with E-state index in [9.17, 15) is 0 Å². The van der Waals surface area contributed by atoms with Crippen molar-refractivity contribution < 1.29 is 0 Å². The van der Waals surface area contributed by atoms with Crippen molar-refractivity contribution in [2.45, 2.75) is 19.4 Å². The fourth-order valence-corrected chi connectivity index (χ4v) is 1.94. The second-order valence-electron chi connectivity index (χ2n) is 4.19. The largest absolute Gasteiger partial charge is 0.308 e. The fraction of sp³-hybridized carbons (Fsp3) is 0.700. The molecule has 1 aromatic heterocycles. The van der Waals surface area contributed by atoms with Gasteiger partial charge in [0.25, 0.3) is 0 Å². The maximum atomic E-state index is 4.33. The van der Waals surface area contributed by atoms with Gasteiger partial charge in [0, 0.05) is 24.7 Å². The van der Waals surface area contributed by atoms with Gasteiger partial charge >= 0.3 is 0 Å². The van der Waals surface area contributed by atoms with Crippen molar-refractivity contribution in [3.63, 3.8) is 0 Å². The van der Waals surface area contributed by atoms with Crippen molar-refractivity contribution in [2.75, 3.05) is 27.2 Å². The van der Waals surface area contributed by atoms with Gasteiger partial charge in [0.2, 0.25) is 0 Å². The predicted octanol–water partition coefficient (Wildman–Crippen LogP) is 1.53. The van der Waals surface area contributed by atoms with E-state index in [1.807, 2.05) is 11.6 Å². The lowest BCUT2D eigenvalue weighted by Crippen LogP contribution is -2.40. The maximum absolute atomic E-state index is 4.33. The second kappa shape index (κ2) is 4.87. The van der Waals surface area contributed by atoms with E-state index in [0.717, 1.165) is 18.1 Å². The summed E-state index contributed by atoms with van der Waals surface area (Å²) in [4.78, 5) is 6.50. The van der Waals surface area contributed by atoms with E-state index in [-0.39, 0.29) is 5.54 Å². The Balaban J connectivity index is 2.42. The molecule has 0 saturated heterocycles. The molecule has 14 heavy (non-hydrogen) atoms. The van der Waals surface area contributed by atoms with Crippen LogP contribution in [0.5, 0.6) is 0 Å². The first-order valence-corrected chi connectivity index (χ1v) is 5.70. The zero-order chi connectivity index (χ0) is 10.6. The molecule has 0 aromatic carbocycles. The van der Waals surface area contributed by atoms with Crippen LogP contribution < -0.4 is 5.32 Å². The topological polar surface area (TPSA) is 28.2 Å². The van der Waals surface area contributed by atoms with Crippen LogP contribution in [0.25, 0.3) is 0 Å². The van der Waals surface area contributed by atoms with Gasteiger partial charge in [0.1, 0.15) is 5.01 Å². The van der Waals surface area contributed by atoms with E-state index in [1.54, 1.807) is 11.3 Å². The lowest BCUT2D eigenvalue weighted by Gasteiger charge is -2.24. The SMILES string of the molecule is CN(C)CCNC(C)(C)c1nccs1. The summed E-state index contributed by atoms with van der Waals surface area (Å²) in [7, 11) is 4.16. The molecule has 0 bridgehead atoms. The Morgan fingerprint density at radius 1 is 1.50 bits per heavy atom. The van der Waals surface area contributed by atoms with Crippen LogP contribution in [0.2, 0.25) is 0 Å². The molecule has 0 atom stereocenters. The fourth-order valence-electron chi connectivity index (χ4n) is 1.20. The highest BCUT2D eigenvalue weighted by Gasteiger charge is 2.21. The smallest absolute Gasteiger partial charge is 0.112 e. The molecule has 0 aliphatic carbocycles. The van der Waals surface area contributed by atoms with E-state index in [0.29, 0.717) is 0 Å². The number of aromatic nitrogens is 1. The van der Waals surface area contributed by atoms with Crippen LogP contribution in [-0.2, 0) is 5.54 Å². The second-order valence-corrected chi connectivity index (χ2v) is 5.09. The van der Waals surface area contributed by atoms with Crippen LogP contribution in [0.1, 0.15) is 18.9 Å². The molecule has 0 aliphatic rings. The van der Waals surface area contributed by atoms with Gasteiger partial charge in [-0.3, -0.25) is 0 Å². The van der Waals surface area contributed by atoms with Gasteiger partial charge in [-0.2, -0.15) is 0 Å². The van der Waals surface area contributed by atoms with Crippen LogP contribution in [0.4, 0.5) is 0 Å². The van der Waals surface area contributed by atoms with E-state index < -0.39 is 0 Å². The van der Waals surface area contributed by atoms with Crippen LogP contribution in [0.15, 0.2) is 11.6 Å². The molecular formula is C10H19N3S. The third kappa shape index (κ3) is 3.36. The Labute approximate surface area is 90.2 Å². The van der Waals surface area contributed by atoms with Crippen LogP contribution in [-0.4, -0.2) is 37.1 Å². The van der Waals surface area contributed by atoms with Gasteiger partial charge < -0.3 is 10.2 Å². The molecule has 0 unspecified atom stereocenters. The average molecular weight is 213 g/mol. The molecule has 0 spiro atoms. The summed E-state index contributed by atoms with van der Waals surface area (Å²) in [6.45, 7) is 6.37. The number of hydrogen-bond donors (Lipinski definition) is 1. The summed E-state index contributed by atoms with van der Waals surface area (Å²) in [5, 5.41) is 6.67. The predicted molar refractivity (Wildman–Crippen MR) is 61.7 cm³/mol. The lowest BCUT2D eigenvalue weighted by atomic mass is 10.1. The minimum atomic E-state index is -0.00975. The van der Waals surface area contributed by atoms with Crippen molar-refractivity contribution in [3.8, 4) is 0 Å². The van der Waals surface area contributed by atoms with Gasteiger partial charge in [-0.15, -0.1) is 11.3 Å². The number of hydrogen-bond acceptors (Lipinski definition) is 4. The molecule has 0 amide bonds. The maximum Gasteiger partial charge on any atom is 0.112 e. The van der Waals surface area contributed by atoms with Crippen molar-refractivity contribution in [1.82, 2.24) is 15.2 Å². The van der Waals surface area contributed by atoms with Crippen LogP contribution in [0, 0.1) is 0 Å². The Morgan fingerprint density at radius 2 is 2.21 bits per heavy atom. The van der Waals surface area contributed by atoms with Gasteiger partial charge in [0.05, 0.1) is 5.54 Å². The number of nitrogens with one attached hydrogen (secondary N) is 1. The zero-order valence-electron chi connectivity index (χ0n) is 9.37. The molecule has 1 rings (SSSR count). The minimum Gasteiger partial charge on any atom is -0.308 e. The third-order valence-electron chi connectivity index (χ3n) is 2.09. The van der Waals surface area contributed by atoms with Gasteiger partial charge in [-0.05, 0) is 27.9 Å². The summed E-state index contributed by atoms with van der Waals surface area (Å²) in [5.41, 5.74) is -0.00975. The summed E-state index contributed by atoms with van der Waals surface area (Å²) >= 11 is 1.70. The molecule has 1 heterocycles. The average Bonchev–Trinajstić information content (AvgIpc) is 2.54. The normalized spacial score (nSPS) is 12.4. The highest BCUT2D eigenvalue weighted by molar-refractivity contribution is 7.09. The molecule has 80 valence electrons. The minimum absolute atomic E-state index is 0.00975. The first-order valence-electron chi connectivity index (χ1n) is 4.82. The number of nitrogens with zero attached hydrogens (tertiary/aromatic N) is 2. The van der Waals surface area contributed by atoms with Crippen LogP contribution in [0.3, 0.4) is 0 Å². The molecule has 0 fully saturated rings. The van der Waals surface area contributed by atoms with E-state index in [4.69, 9.17) is 0 Å². The molecule has 4 heteroatoms. The summed E-state index contributed by atoms with van der Waals surface area (Å²) in [5.74, 6) is 0. The Kier molecular flexibility index (Phi) is 4.04. The molecule has 3 nitrogen and oxygen atoms in total. The molecule has 0 aliphatic heterocycles. The summed E-state index contributed by atoms with van der Waals surface area (Å²) in [6.07, 6.45) is 1.86. The zero-order valence-corrected chi connectivity index (χ0v) is 10.2. The van der Waals surface area contributed by atoms with Gasteiger partial charge in [-0.1, -0.05) is 0 Å². The first-order chi connectivity index (χ1) is 6.52. The quantitative estimate of drug-likeness (QED) is 0.804. The van der Waals surface area contributed by atoms with Gasteiger partial charge in [0.15, 0.2) is 0 Å². The Bertz CT molecular complexity index is 254. The number of thiazole rings is 1. The van der Waals surface area contributed by atoms with E-state index in [1.165, 1.54) is 0 Å². The standard InChI is InChI=1S/C10H19N3S/c1-10(2,9-11-6-8-14-9)12-5-7-13(3)4/h6,8,12H,5,7H2,1-4H3. The highest BCUT2D eigenvalue weighted by Crippen LogP contribution is 2.21. The first kappa shape index (κ1) is 11.6. The lowest BCUT2D eigenvalue weighted by molar-refractivity contribution is 0.343. The molecule has 1 N–H and O–H groups in total. The summed E-state index contributed by atoms with van der Waals surface area (Å²) in [6, 6.07) is 0. The molecular weight excluding hydrogens is 194 g/mol. The summed E-state index contributed by atoms with van der Waals surface area (Å²) < 4.78 is 0. The van der Waals surface area contributed by atoms with Crippen molar-refractivity contribution >= 4 is 11.3 Å². The Hall–Kier alpha value is -0.450.